The lowest BCUT2D eigenvalue weighted by molar-refractivity contribution is -0.137. The first-order valence-corrected chi connectivity index (χ1v) is 4.96. The van der Waals surface area contributed by atoms with Crippen molar-refractivity contribution in [2.75, 3.05) is 0 Å². The fourth-order valence-corrected chi connectivity index (χ4v) is 1.51. The summed E-state index contributed by atoms with van der Waals surface area (Å²) >= 11 is 5.75. The maximum absolute atomic E-state index is 12.3. The number of pyridine rings is 1. The molecule has 1 heterocycles. The summed E-state index contributed by atoms with van der Waals surface area (Å²) in [4.78, 5) is 3.76. The second-order valence-electron chi connectivity index (χ2n) is 3.40. The van der Waals surface area contributed by atoms with Crippen LogP contribution < -0.4 is 6.15 Å². The summed E-state index contributed by atoms with van der Waals surface area (Å²) in [6.45, 7) is 3.81. The molecule has 0 saturated heterocycles. The highest BCUT2D eigenvalue weighted by molar-refractivity contribution is 6.31. The number of aromatic nitrogens is 1. The van der Waals surface area contributed by atoms with Gasteiger partial charge in [0.05, 0.1) is 16.3 Å². The van der Waals surface area contributed by atoms with E-state index in [0.29, 0.717) is 5.69 Å². The van der Waals surface area contributed by atoms with Gasteiger partial charge < -0.3 is 6.15 Å². The molecule has 17 heavy (non-hydrogen) atoms. The van der Waals surface area contributed by atoms with Crippen molar-refractivity contribution >= 4 is 24.0 Å². The van der Waals surface area contributed by atoms with Gasteiger partial charge >= 0.3 is 6.18 Å². The van der Waals surface area contributed by atoms with Crippen LogP contribution in [0.2, 0.25) is 5.02 Å². The Hall–Kier alpha value is -0.520. The van der Waals surface area contributed by atoms with Crippen LogP contribution in [0, 0.1) is 0 Å². The zero-order valence-corrected chi connectivity index (χ0v) is 11.1. The third-order valence-corrected chi connectivity index (χ3v) is 2.58. The monoisotopic (exact) mass is 290 g/mol. The van der Waals surface area contributed by atoms with Crippen LogP contribution in [0.3, 0.4) is 0 Å². The molecular weight excluding hydrogens is 276 g/mol. The number of rotatable bonds is 2. The number of hydrogen-bond acceptors (Lipinski definition) is 2. The van der Waals surface area contributed by atoms with Gasteiger partial charge in [-0.25, -0.2) is 0 Å². The van der Waals surface area contributed by atoms with E-state index in [1.54, 1.807) is 0 Å². The fraction of sp³-hybridized carbons (Fsp3) is 0.500. The summed E-state index contributed by atoms with van der Waals surface area (Å²) in [5.41, 5.74) is -0.285. The molecule has 1 atom stereocenters. The first-order chi connectivity index (χ1) is 6.86. The minimum Gasteiger partial charge on any atom is -0.344 e. The molecule has 1 unspecified atom stereocenters. The van der Waals surface area contributed by atoms with Crippen molar-refractivity contribution in [3.8, 4) is 0 Å². The Balaban J connectivity index is 0. The van der Waals surface area contributed by atoms with Gasteiger partial charge in [0.25, 0.3) is 0 Å². The third kappa shape index (κ3) is 4.69. The molecule has 100 valence electrons. The predicted molar refractivity (Wildman–Crippen MR) is 65.2 cm³/mol. The van der Waals surface area contributed by atoms with Gasteiger partial charge in [0.1, 0.15) is 0 Å². The van der Waals surface area contributed by atoms with Crippen molar-refractivity contribution in [3.05, 3.63) is 28.5 Å². The molecule has 3 N–H and O–H groups in total. The number of alkyl halides is 3. The average molecular weight is 291 g/mol. The molecule has 0 spiro atoms. The average Bonchev–Trinajstić information content (AvgIpc) is 2.15. The predicted octanol–water partition coefficient (Wildman–Crippen LogP) is 4.85. The third-order valence-electron chi connectivity index (χ3n) is 2.28. The fourth-order valence-electron chi connectivity index (χ4n) is 1.16. The lowest BCUT2D eigenvalue weighted by Crippen LogP contribution is -2.07. The van der Waals surface area contributed by atoms with E-state index in [1.165, 1.54) is 0 Å². The van der Waals surface area contributed by atoms with E-state index in [2.05, 4.69) is 4.98 Å². The van der Waals surface area contributed by atoms with Gasteiger partial charge in [0.2, 0.25) is 0 Å². The van der Waals surface area contributed by atoms with E-state index in [9.17, 15) is 13.2 Å². The normalized spacial score (nSPS) is 12.4. The smallest absolute Gasteiger partial charge is 0.344 e. The molecule has 0 fully saturated rings. The van der Waals surface area contributed by atoms with Crippen LogP contribution >= 0.6 is 24.0 Å². The van der Waals surface area contributed by atoms with Crippen LogP contribution in [0.1, 0.15) is 37.4 Å². The molecule has 1 aromatic rings. The van der Waals surface area contributed by atoms with E-state index < -0.39 is 11.7 Å². The second-order valence-corrected chi connectivity index (χ2v) is 3.81. The summed E-state index contributed by atoms with van der Waals surface area (Å²) in [5, 5.41) is 0.0826. The summed E-state index contributed by atoms with van der Waals surface area (Å²) in [6.07, 6.45) is -2.77. The first-order valence-electron chi connectivity index (χ1n) is 4.59. The van der Waals surface area contributed by atoms with Crippen LogP contribution in [0.25, 0.3) is 0 Å². The molecule has 0 radical (unpaired) electrons. The first kappa shape index (κ1) is 18.8. The molecule has 2 nitrogen and oxygen atoms in total. The standard InChI is InChI=1S/C10H11ClF3N.ClH.H3N/c1-3-6(2)9-8(11)4-7(5-15-9)10(12,13)14;;/h4-6H,3H2,1-2H3;1H;1H3. The van der Waals surface area contributed by atoms with E-state index in [-0.39, 0.29) is 29.5 Å². The van der Waals surface area contributed by atoms with Crippen molar-refractivity contribution in [2.45, 2.75) is 32.4 Å². The molecule has 0 saturated carbocycles. The zero-order valence-electron chi connectivity index (χ0n) is 9.51. The van der Waals surface area contributed by atoms with Crippen LogP contribution in [0.4, 0.5) is 13.2 Å². The van der Waals surface area contributed by atoms with Crippen molar-refractivity contribution in [3.63, 3.8) is 0 Å². The molecule has 1 rings (SSSR count). The highest BCUT2D eigenvalue weighted by atomic mass is 35.5. The van der Waals surface area contributed by atoms with Crippen LogP contribution in [-0.4, -0.2) is 4.98 Å². The second kappa shape index (κ2) is 7.03. The van der Waals surface area contributed by atoms with Gasteiger partial charge in [0, 0.05) is 6.20 Å². The van der Waals surface area contributed by atoms with Crippen molar-refractivity contribution in [2.24, 2.45) is 0 Å². The highest BCUT2D eigenvalue weighted by Crippen LogP contribution is 2.33. The lowest BCUT2D eigenvalue weighted by atomic mass is 10.0. The summed E-state index contributed by atoms with van der Waals surface area (Å²) in [6, 6.07) is 0.927. The Kier molecular flexibility index (Phi) is 7.79. The summed E-state index contributed by atoms with van der Waals surface area (Å²) in [5.74, 6) is 0.0692. The van der Waals surface area contributed by atoms with E-state index in [0.717, 1.165) is 18.7 Å². The number of hydrogen-bond donors (Lipinski definition) is 1. The van der Waals surface area contributed by atoms with Gasteiger partial charge in [-0.1, -0.05) is 25.4 Å². The Morgan fingerprint density at radius 3 is 2.29 bits per heavy atom. The van der Waals surface area contributed by atoms with Crippen molar-refractivity contribution in [1.29, 1.82) is 0 Å². The molecule has 0 bridgehead atoms. The number of halogens is 5. The van der Waals surface area contributed by atoms with Gasteiger partial charge in [-0.2, -0.15) is 13.2 Å². The molecule has 0 aliphatic carbocycles. The molecular formula is C10H15Cl2F3N2. The van der Waals surface area contributed by atoms with Gasteiger partial charge in [-0.05, 0) is 18.4 Å². The SMILES string of the molecule is CCC(C)c1ncc(C(F)(F)F)cc1Cl.Cl.N. The molecule has 0 aliphatic rings. The molecule has 7 heteroatoms. The van der Waals surface area contributed by atoms with Gasteiger partial charge in [-0.15, -0.1) is 12.4 Å². The minimum absolute atomic E-state index is 0. The van der Waals surface area contributed by atoms with E-state index in [1.807, 2.05) is 13.8 Å². The Labute approximate surface area is 110 Å². The zero-order chi connectivity index (χ0) is 11.6. The lowest BCUT2D eigenvalue weighted by Gasteiger charge is -2.12. The van der Waals surface area contributed by atoms with Gasteiger partial charge in [0.15, 0.2) is 0 Å². The molecule has 0 aromatic carbocycles. The van der Waals surface area contributed by atoms with Crippen LogP contribution in [-0.2, 0) is 6.18 Å². The molecule has 0 amide bonds. The van der Waals surface area contributed by atoms with Crippen molar-refractivity contribution < 1.29 is 13.2 Å². The summed E-state index contributed by atoms with van der Waals surface area (Å²) in [7, 11) is 0. The van der Waals surface area contributed by atoms with Crippen molar-refractivity contribution in [1.82, 2.24) is 11.1 Å². The summed E-state index contributed by atoms with van der Waals surface area (Å²) < 4.78 is 36.9. The Morgan fingerprint density at radius 1 is 1.41 bits per heavy atom. The Bertz CT molecular complexity index is 356. The van der Waals surface area contributed by atoms with Gasteiger partial charge in [-0.3, -0.25) is 4.98 Å². The topological polar surface area (TPSA) is 47.9 Å². The van der Waals surface area contributed by atoms with Crippen LogP contribution in [0.15, 0.2) is 12.3 Å². The molecule has 0 aliphatic heterocycles. The van der Waals surface area contributed by atoms with Crippen LogP contribution in [0.5, 0.6) is 0 Å². The highest BCUT2D eigenvalue weighted by Gasteiger charge is 2.31. The minimum atomic E-state index is -4.38. The largest absolute Gasteiger partial charge is 0.417 e. The number of nitrogens with zero attached hydrogens (tertiary/aromatic N) is 1. The Morgan fingerprint density at radius 2 is 1.94 bits per heavy atom. The maximum atomic E-state index is 12.3. The quantitative estimate of drug-likeness (QED) is 0.846. The van der Waals surface area contributed by atoms with E-state index in [4.69, 9.17) is 11.6 Å². The van der Waals surface area contributed by atoms with E-state index >= 15 is 0 Å². The molecule has 1 aromatic heterocycles. The maximum Gasteiger partial charge on any atom is 0.417 e.